The second-order valence-electron chi connectivity index (χ2n) is 2.83. The molecule has 1 aliphatic heterocycles. The summed E-state index contributed by atoms with van der Waals surface area (Å²) >= 11 is 0. The van der Waals surface area contributed by atoms with Crippen molar-refractivity contribution in [3.63, 3.8) is 0 Å². The largest absolute Gasteiger partial charge is 0.382 e. The molecule has 4 nitrogen and oxygen atoms in total. The van der Waals surface area contributed by atoms with E-state index in [0.29, 0.717) is 26.4 Å². The highest BCUT2D eigenvalue weighted by atomic mass is 16.6. The Labute approximate surface area is 72.7 Å². The van der Waals surface area contributed by atoms with Crippen molar-refractivity contribution < 1.29 is 18.9 Å². The van der Waals surface area contributed by atoms with Gasteiger partial charge in [0.2, 0.25) is 0 Å². The highest BCUT2D eigenvalue weighted by Crippen LogP contribution is 2.08. The van der Waals surface area contributed by atoms with Gasteiger partial charge in [-0.2, -0.15) is 0 Å². The van der Waals surface area contributed by atoms with Crippen molar-refractivity contribution in [3.05, 3.63) is 0 Å². The molecule has 0 aliphatic carbocycles. The summed E-state index contributed by atoms with van der Waals surface area (Å²) in [6.07, 6.45) is 0.118. The first-order valence-corrected chi connectivity index (χ1v) is 4.08. The van der Waals surface area contributed by atoms with Crippen LogP contribution in [-0.4, -0.2) is 52.9 Å². The van der Waals surface area contributed by atoms with Crippen LogP contribution < -0.4 is 0 Å². The molecular weight excluding hydrogens is 160 g/mol. The molecule has 0 aromatic carbocycles. The van der Waals surface area contributed by atoms with Gasteiger partial charge in [-0.25, -0.2) is 0 Å². The Morgan fingerprint density at radius 1 is 1.08 bits per heavy atom. The summed E-state index contributed by atoms with van der Waals surface area (Å²) in [5.74, 6) is 0. The zero-order chi connectivity index (χ0) is 8.81. The summed E-state index contributed by atoms with van der Waals surface area (Å²) in [7, 11) is 3.31. The number of rotatable bonds is 4. The number of methoxy groups -OCH3 is 2. The maximum absolute atomic E-state index is 5.59. The van der Waals surface area contributed by atoms with Gasteiger partial charge >= 0.3 is 0 Å². The van der Waals surface area contributed by atoms with Crippen molar-refractivity contribution in [2.45, 2.75) is 12.2 Å². The summed E-state index contributed by atoms with van der Waals surface area (Å²) < 4.78 is 20.8. The van der Waals surface area contributed by atoms with Crippen molar-refractivity contribution in [2.24, 2.45) is 0 Å². The zero-order valence-corrected chi connectivity index (χ0v) is 7.62. The van der Waals surface area contributed by atoms with Crippen LogP contribution >= 0.6 is 0 Å². The van der Waals surface area contributed by atoms with Crippen molar-refractivity contribution >= 4 is 0 Å². The lowest BCUT2D eigenvalue weighted by molar-refractivity contribution is -0.167. The Morgan fingerprint density at radius 2 is 1.58 bits per heavy atom. The third-order valence-electron chi connectivity index (χ3n) is 1.70. The fourth-order valence-corrected chi connectivity index (χ4v) is 1.23. The summed E-state index contributed by atoms with van der Waals surface area (Å²) in [5.41, 5.74) is 0. The normalized spacial score (nSPS) is 30.5. The van der Waals surface area contributed by atoms with E-state index in [9.17, 15) is 0 Å². The van der Waals surface area contributed by atoms with Gasteiger partial charge in [-0.05, 0) is 0 Å². The van der Waals surface area contributed by atoms with Gasteiger partial charge < -0.3 is 18.9 Å². The van der Waals surface area contributed by atoms with Crippen LogP contribution in [0.2, 0.25) is 0 Å². The molecule has 1 aliphatic rings. The van der Waals surface area contributed by atoms with Gasteiger partial charge in [0.25, 0.3) is 0 Å². The first kappa shape index (κ1) is 9.92. The van der Waals surface area contributed by atoms with Crippen LogP contribution in [-0.2, 0) is 18.9 Å². The van der Waals surface area contributed by atoms with Crippen LogP contribution in [0.5, 0.6) is 0 Å². The van der Waals surface area contributed by atoms with Crippen molar-refractivity contribution in [1.29, 1.82) is 0 Å². The van der Waals surface area contributed by atoms with Crippen molar-refractivity contribution in [2.75, 3.05) is 40.6 Å². The van der Waals surface area contributed by atoms with Crippen molar-refractivity contribution in [1.82, 2.24) is 0 Å². The molecule has 0 aromatic rings. The summed E-state index contributed by atoms with van der Waals surface area (Å²) in [6, 6.07) is 0. The molecule has 1 fully saturated rings. The fraction of sp³-hybridized carbons (Fsp3) is 1.00. The number of hydrogen-bond acceptors (Lipinski definition) is 4. The first-order valence-electron chi connectivity index (χ1n) is 4.08. The van der Waals surface area contributed by atoms with Crippen LogP contribution in [0.15, 0.2) is 0 Å². The van der Waals surface area contributed by atoms with Crippen LogP contribution in [0.4, 0.5) is 0 Å². The quantitative estimate of drug-likeness (QED) is 0.607. The second-order valence-corrected chi connectivity index (χ2v) is 2.83. The average Bonchev–Trinajstić information content (AvgIpc) is 2.06. The molecule has 0 bridgehead atoms. The van der Waals surface area contributed by atoms with E-state index in [-0.39, 0.29) is 12.2 Å². The van der Waals surface area contributed by atoms with Gasteiger partial charge in [-0.3, -0.25) is 0 Å². The molecule has 0 aromatic heterocycles. The minimum atomic E-state index is 0.0592. The summed E-state index contributed by atoms with van der Waals surface area (Å²) in [4.78, 5) is 0. The third kappa shape index (κ3) is 3.06. The summed E-state index contributed by atoms with van der Waals surface area (Å²) in [5, 5.41) is 0. The van der Waals surface area contributed by atoms with Gasteiger partial charge in [0.05, 0.1) is 26.4 Å². The smallest absolute Gasteiger partial charge is 0.105 e. The van der Waals surface area contributed by atoms with E-state index in [0.717, 1.165) is 0 Å². The van der Waals surface area contributed by atoms with E-state index in [2.05, 4.69) is 0 Å². The predicted octanol–water partition coefficient (Wildman–Crippen LogP) is 0.0632. The Kier molecular flexibility index (Phi) is 4.53. The maximum atomic E-state index is 5.59. The van der Waals surface area contributed by atoms with Gasteiger partial charge in [-0.15, -0.1) is 0 Å². The van der Waals surface area contributed by atoms with E-state index in [4.69, 9.17) is 18.9 Å². The zero-order valence-electron chi connectivity index (χ0n) is 7.62. The Balaban J connectivity index is 2.20. The van der Waals surface area contributed by atoms with E-state index >= 15 is 0 Å². The lowest BCUT2D eigenvalue weighted by atomic mass is 10.3. The Hall–Kier alpha value is -0.160. The van der Waals surface area contributed by atoms with Crippen LogP contribution in [0.25, 0.3) is 0 Å². The molecule has 0 spiro atoms. The third-order valence-corrected chi connectivity index (χ3v) is 1.70. The Morgan fingerprint density at radius 3 is 2.00 bits per heavy atom. The topological polar surface area (TPSA) is 36.9 Å². The molecule has 12 heavy (non-hydrogen) atoms. The van der Waals surface area contributed by atoms with E-state index < -0.39 is 0 Å². The number of ether oxygens (including phenoxy) is 4. The molecule has 0 radical (unpaired) electrons. The van der Waals surface area contributed by atoms with Gasteiger partial charge in [0.1, 0.15) is 12.2 Å². The second kappa shape index (κ2) is 5.48. The lowest BCUT2D eigenvalue weighted by Gasteiger charge is -2.29. The molecule has 2 atom stereocenters. The molecule has 1 rings (SSSR count). The highest BCUT2D eigenvalue weighted by Gasteiger charge is 2.22. The van der Waals surface area contributed by atoms with Crippen LogP contribution in [0.1, 0.15) is 0 Å². The minimum absolute atomic E-state index is 0.0592. The van der Waals surface area contributed by atoms with E-state index in [1.165, 1.54) is 0 Å². The molecule has 4 heteroatoms. The van der Waals surface area contributed by atoms with E-state index in [1.807, 2.05) is 0 Å². The van der Waals surface area contributed by atoms with Gasteiger partial charge in [-0.1, -0.05) is 0 Å². The fourth-order valence-electron chi connectivity index (χ4n) is 1.23. The predicted molar refractivity (Wildman–Crippen MR) is 43.2 cm³/mol. The summed E-state index contributed by atoms with van der Waals surface area (Å²) in [6.45, 7) is 2.41. The molecule has 2 unspecified atom stereocenters. The maximum Gasteiger partial charge on any atom is 0.105 e. The average molecular weight is 176 g/mol. The molecular formula is C8H16O4. The number of hydrogen-bond donors (Lipinski definition) is 0. The van der Waals surface area contributed by atoms with E-state index in [1.54, 1.807) is 14.2 Å². The SMILES string of the molecule is COCC1COCC(COC)O1. The van der Waals surface area contributed by atoms with Crippen LogP contribution in [0.3, 0.4) is 0 Å². The molecule has 0 amide bonds. The molecule has 0 N–H and O–H groups in total. The standard InChI is InChI=1S/C8H16O4/c1-9-3-7-5-11-6-8(12-7)4-10-2/h7-8H,3-6H2,1-2H3. The first-order chi connectivity index (χ1) is 5.86. The van der Waals surface area contributed by atoms with Gasteiger partial charge in [0, 0.05) is 14.2 Å². The minimum Gasteiger partial charge on any atom is -0.382 e. The lowest BCUT2D eigenvalue weighted by Crippen LogP contribution is -2.40. The highest BCUT2D eigenvalue weighted by molar-refractivity contribution is 4.67. The molecule has 1 heterocycles. The van der Waals surface area contributed by atoms with Crippen LogP contribution in [0, 0.1) is 0 Å². The Bertz CT molecular complexity index is 102. The molecule has 0 saturated carbocycles. The van der Waals surface area contributed by atoms with Gasteiger partial charge in [0.15, 0.2) is 0 Å². The molecule has 72 valence electrons. The van der Waals surface area contributed by atoms with Crippen molar-refractivity contribution in [3.8, 4) is 0 Å². The molecule has 1 saturated heterocycles. The monoisotopic (exact) mass is 176 g/mol.